The Labute approximate surface area is 104 Å². The van der Waals surface area contributed by atoms with Gasteiger partial charge in [-0.25, -0.2) is 13.1 Å². The standard InChI is InChI=1S/C11H22ClNO2S/c1-11(2,3)4-5-16(14,15)13-8-9-6-10(12)7-9/h9-10,13H,4-8H2,1-3H3. The van der Waals surface area contributed by atoms with Gasteiger partial charge in [-0.1, -0.05) is 20.8 Å². The molecule has 0 saturated heterocycles. The number of sulfonamides is 1. The van der Waals surface area contributed by atoms with E-state index in [1.165, 1.54) is 0 Å². The summed E-state index contributed by atoms with van der Waals surface area (Å²) in [5.41, 5.74) is 0.0620. The maximum absolute atomic E-state index is 11.7. The topological polar surface area (TPSA) is 46.2 Å². The van der Waals surface area contributed by atoms with Crippen LogP contribution in [0.3, 0.4) is 0 Å². The molecule has 5 heteroatoms. The molecule has 0 heterocycles. The fraction of sp³-hybridized carbons (Fsp3) is 1.00. The lowest BCUT2D eigenvalue weighted by Gasteiger charge is -2.30. The predicted molar refractivity (Wildman–Crippen MR) is 68.2 cm³/mol. The molecule has 16 heavy (non-hydrogen) atoms. The third-order valence-corrected chi connectivity index (χ3v) is 4.60. The van der Waals surface area contributed by atoms with E-state index in [1.807, 2.05) is 20.8 Å². The smallest absolute Gasteiger partial charge is 0.211 e. The first kappa shape index (κ1) is 14.3. The highest BCUT2D eigenvalue weighted by Gasteiger charge is 2.28. The first-order valence-corrected chi connectivity index (χ1v) is 7.88. The summed E-state index contributed by atoms with van der Waals surface area (Å²) < 4.78 is 26.0. The Balaban J connectivity index is 2.24. The summed E-state index contributed by atoms with van der Waals surface area (Å²) in [6.07, 6.45) is 2.55. The first-order chi connectivity index (χ1) is 7.18. The van der Waals surface area contributed by atoms with Crippen molar-refractivity contribution in [2.45, 2.75) is 45.4 Å². The maximum atomic E-state index is 11.7. The third kappa shape index (κ3) is 5.51. The van der Waals surface area contributed by atoms with Gasteiger partial charge < -0.3 is 0 Å². The molecule has 0 aromatic rings. The molecule has 1 N–H and O–H groups in total. The van der Waals surface area contributed by atoms with Gasteiger partial charge in [-0.3, -0.25) is 0 Å². The van der Waals surface area contributed by atoms with Crippen LogP contribution in [0.15, 0.2) is 0 Å². The minimum atomic E-state index is -3.10. The van der Waals surface area contributed by atoms with Crippen LogP contribution in [0.1, 0.15) is 40.0 Å². The number of rotatable bonds is 5. The highest BCUT2D eigenvalue weighted by Crippen LogP contribution is 2.31. The molecule has 0 aromatic heterocycles. The SMILES string of the molecule is CC(C)(C)CCS(=O)(=O)NCC1CC(Cl)C1. The van der Waals surface area contributed by atoms with E-state index in [-0.39, 0.29) is 16.5 Å². The number of hydrogen-bond acceptors (Lipinski definition) is 2. The molecule has 0 atom stereocenters. The lowest BCUT2D eigenvalue weighted by molar-refractivity contribution is 0.323. The van der Waals surface area contributed by atoms with Gasteiger partial charge in [0.1, 0.15) is 0 Å². The summed E-state index contributed by atoms with van der Waals surface area (Å²) in [4.78, 5) is 0. The second kappa shape index (κ2) is 5.23. The molecule has 0 unspecified atom stereocenters. The molecular formula is C11H22ClNO2S. The minimum Gasteiger partial charge on any atom is -0.215 e. The van der Waals surface area contributed by atoms with E-state index in [0.717, 1.165) is 12.8 Å². The van der Waals surface area contributed by atoms with Crippen LogP contribution >= 0.6 is 11.6 Å². The van der Waals surface area contributed by atoms with Crippen LogP contribution in [0.4, 0.5) is 0 Å². The average molecular weight is 268 g/mol. The Bertz CT molecular complexity index is 315. The third-order valence-electron chi connectivity index (χ3n) is 2.89. The molecule has 0 spiro atoms. The Hall–Kier alpha value is 0.200. The fourth-order valence-electron chi connectivity index (χ4n) is 1.58. The van der Waals surface area contributed by atoms with Gasteiger partial charge in [0.15, 0.2) is 0 Å². The highest BCUT2D eigenvalue weighted by atomic mass is 35.5. The van der Waals surface area contributed by atoms with Gasteiger partial charge in [0.25, 0.3) is 0 Å². The van der Waals surface area contributed by atoms with Crippen LogP contribution in [0.25, 0.3) is 0 Å². The van der Waals surface area contributed by atoms with Crippen molar-refractivity contribution < 1.29 is 8.42 Å². The maximum Gasteiger partial charge on any atom is 0.211 e. The Kier molecular flexibility index (Phi) is 4.66. The Morgan fingerprint density at radius 3 is 2.31 bits per heavy atom. The van der Waals surface area contributed by atoms with Gasteiger partial charge in [-0.2, -0.15) is 0 Å². The van der Waals surface area contributed by atoms with E-state index in [0.29, 0.717) is 18.9 Å². The van der Waals surface area contributed by atoms with Crippen molar-refractivity contribution in [1.29, 1.82) is 0 Å². The zero-order valence-electron chi connectivity index (χ0n) is 10.3. The molecule has 1 aliphatic carbocycles. The lowest BCUT2D eigenvalue weighted by Crippen LogP contribution is -2.37. The van der Waals surface area contributed by atoms with E-state index < -0.39 is 10.0 Å². The molecular weight excluding hydrogens is 246 g/mol. The van der Waals surface area contributed by atoms with E-state index in [2.05, 4.69) is 4.72 Å². The van der Waals surface area contributed by atoms with Crippen molar-refractivity contribution in [3.63, 3.8) is 0 Å². The van der Waals surface area contributed by atoms with Crippen molar-refractivity contribution in [3.05, 3.63) is 0 Å². The fourth-order valence-corrected chi connectivity index (χ4v) is 3.60. The van der Waals surface area contributed by atoms with Gasteiger partial charge in [0, 0.05) is 11.9 Å². The van der Waals surface area contributed by atoms with Gasteiger partial charge >= 0.3 is 0 Å². The van der Waals surface area contributed by atoms with Crippen LogP contribution in [-0.2, 0) is 10.0 Å². The summed E-state index contributed by atoms with van der Waals surface area (Å²) in [7, 11) is -3.10. The summed E-state index contributed by atoms with van der Waals surface area (Å²) in [5, 5.41) is 0.254. The average Bonchev–Trinajstić information content (AvgIpc) is 2.07. The number of hydrogen-bond donors (Lipinski definition) is 1. The van der Waals surface area contributed by atoms with Crippen molar-refractivity contribution in [2.24, 2.45) is 11.3 Å². The molecule has 1 saturated carbocycles. The van der Waals surface area contributed by atoms with Crippen LogP contribution in [0, 0.1) is 11.3 Å². The number of halogens is 1. The monoisotopic (exact) mass is 267 g/mol. The van der Waals surface area contributed by atoms with E-state index in [1.54, 1.807) is 0 Å². The van der Waals surface area contributed by atoms with Gasteiger partial charge in [-0.15, -0.1) is 11.6 Å². The normalized spacial score (nSPS) is 26.5. The molecule has 96 valence electrons. The van der Waals surface area contributed by atoms with Gasteiger partial charge in [0.2, 0.25) is 10.0 Å². The summed E-state index contributed by atoms with van der Waals surface area (Å²) in [6, 6.07) is 0. The molecule has 3 nitrogen and oxygen atoms in total. The van der Waals surface area contributed by atoms with Crippen molar-refractivity contribution in [2.75, 3.05) is 12.3 Å². The summed E-state index contributed by atoms with van der Waals surface area (Å²) in [5.74, 6) is 0.653. The summed E-state index contributed by atoms with van der Waals surface area (Å²) in [6.45, 7) is 6.70. The van der Waals surface area contributed by atoms with Crippen molar-refractivity contribution in [3.8, 4) is 0 Å². The number of alkyl halides is 1. The van der Waals surface area contributed by atoms with Crippen LogP contribution in [0.5, 0.6) is 0 Å². The molecule has 0 radical (unpaired) electrons. The van der Waals surface area contributed by atoms with E-state index in [4.69, 9.17) is 11.6 Å². The Morgan fingerprint density at radius 2 is 1.88 bits per heavy atom. The Morgan fingerprint density at radius 1 is 1.31 bits per heavy atom. The second-order valence-corrected chi connectivity index (χ2v) is 8.46. The van der Waals surface area contributed by atoms with E-state index >= 15 is 0 Å². The molecule has 1 fully saturated rings. The largest absolute Gasteiger partial charge is 0.215 e. The zero-order valence-corrected chi connectivity index (χ0v) is 11.9. The minimum absolute atomic E-state index is 0.0620. The van der Waals surface area contributed by atoms with E-state index in [9.17, 15) is 8.42 Å². The molecule has 1 aliphatic rings. The van der Waals surface area contributed by atoms with Crippen LogP contribution in [0.2, 0.25) is 0 Å². The number of nitrogens with one attached hydrogen (secondary N) is 1. The second-order valence-electron chi connectivity index (χ2n) is 5.91. The highest BCUT2D eigenvalue weighted by molar-refractivity contribution is 7.89. The van der Waals surface area contributed by atoms with Crippen molar-refractivity contribution in [1.82, 2.24) is 4.72 Å². The van der Waals surface area contributed by atoms with Crippen molar-refractivity contribution >= 4 is 21.6 Å². The predicted octanol–water partition coefficient (Wildman–Crippen LogP) is 2.36. The zero-order chi connectivity index (χ0) is 12.4. The molecule has 0 amide bonds. The quantitative estimate of drug-likeness (QED) is 0.778. The van der Waals surface area contributed by atoms with Crippen LogP contribution < -0.4 is 4.72 Å². The molecule has 1 rings (SSSR count). The lowest BCUT2D eigenvalue weighted by atomic mass is 9.85. The van der Waals surface area contributed by atoms with Crippen LogP contribution in [-0.4, -0.2) is 26.1 Å². The summed E-state index contributed by atoms with van der Waals surface area (Å²) >= 11 is 5.84. The molecule has 0 aromatic carbocycles. The van der Waals surface area contributed by atoms with Gasteiger partial charge in [-0.05, 0) is 30.6 Å². The molecule has 0 bridgehead atoms. The van der Waals surface area contributed by atoms with Gasteiger partial charge in [0.05, 0.1) is 5.75 Å². The first-order valence-electron chi connectivity index (χ1n) is 5.79. The molecule has 0 aliphatic heterocycles.